The highest BCUT2D eigenvalue weighted by Gasteiger charge is 2.43. The van der Waals surface area contributed by atoms with Gasteiger partial charge in [0.15, 0.2) is 24.9 Å². The summed E-state index contributed by atoms with van der Waals surface area (Å²) in [6, 6.07) is -1.57. The minimum absolute atomic E-state index is 0.464. The van der Waals surface area contributed by atoms with Crippen LogP contribution < -0.4 is 10.6 Å². The fourth-order valence-electron chi connectivity index (χ4n) is 1.61. The van der Waals surface area contributed by atoms with E-state index in [9.17, 15) is 19.8 Å². The SMILES string of the molecule is O=C1NC(O)C(O)N1CN1C(=O)NC(O)C1O. The fourth-order valence-corrected chi connectivity index (χ4v) is 1.61. The topological polar surface area (TPSA) is 146 Å². The molecule has 2 heterocycles. The van der Waals surface area contributed by atoms with Crippen LogP contribution in [-0.4, -0.2) is 73.9 Å². The summed E-state index contributed by atoms with van der Waals surface area (Å²) in [4.78, 5) is 24.0. The number of hydrogen-bond acceptors (Lipinski definition) is 6. The molecule has 2 fully saturated rings. The summed E-state index contributed by atoms with van der Waals surface area (Å²) in [5.74, 6) is 0. The minimum atomic E-state index is -1.53. The molecule has 0 saturated carbocycles. The molecule has 0 bridgehead atoms. The lowest BCUT2D eigenvalue weighted by molar-refractivity contribution is -0.0788. The van der Waals surface area contributed by atoms with Crippen LogP contribution in [0.15, 0.2) is 0 Å². The summed E-state index contributed by atoms with van der Waals surface area (Å²) >= 11 is 0. The average Bonchev–Trinajstić information content (AvgIpc) is 2.62. The standard InChI is InChI=1S/C7H12N4O6/c12-2-4(14)10(6(16)8-2)1-11-5(15)3(13)9-7(11)17/h2-5,12-15H,1H2,(H,8,16)(H,9,17). The van der Waals surface area contributed by atoms with Crippen molar-refractivity contribution in [1.82, 2.24) is 20.4 Å². The third-order valence-electron chi connectivity index (χ3n) is 2.57. The van der Waals surface area contributed by atoms with Crippen molar-refractivity contribution in [3.63, 3.8) is 0 Å². The van der Waals surface area contributed by atoms with E-state index in [2.05, 4.69) is 0 Å². The molecular weight excluding hydrogens is 236 g/mol. The van der Waals surface area contributed by atoms with E-state index in [-0.39, 0.29) is 0 Å². The second-order valence-corrected chi connectivity index (χ2v) is 3.70. The highest BCUT2D eigenvalue weighted by Crippen LogP contribution is 2.15. The minimum Gasteiger partial charge on any atom is -0.369 e. The molecule has 96 valence electrons. The van der Waals surface area contributed by atoms with Crippen molar-refractivity contribution in [2.45, 2.75) is 24.9 Å². The first-order chi connectivity index (χ1) is 7.91. The molecule has 0 radical (unpaired) electrons. The molecule has 2 rings (SSSR count). The molecule has 2 aliphatic heterocycles. The molecule has 10 nitrogen and oxygen atoms in total. The molecule has 4 amide bonds. The monoisotopic (exact) mass is 248 g/mol. The summed E-state index contributed by atoms with van der Waals surface area (Å²) in [5, 5.41) is 41.2. The molecule has 6 N–H and O–H groups in total. The second-order valence-electron chi connectivity index (χ2n) is 3.70. The molecule has 0 aromatic carbocycles. The lowest BCUT2D eigenvalue weighted by Gasteiger charge is -2.27. The lowest BCUT2D eigenvalue weighted by atomic mass is 10.4. The van der Waals surface area contributed by atoms with Crippen molar-refractivity contribution < 1.29 is 30.0 Å². The highest BCUT2D eigenvalue weighted by molar-refractivity contribution is 5.79. The highest BCUT2D eigenvalue weighted by atomic mass is 16.4. The third-order valence-corrected chi connectivity index (χ3v) is 2.57. The summed E-state index contributed by atoms with van der Waals surface area (Å²) in [5.41, 5.74) is 0. The van der Waals surface area contributed by atoms with Gasteiger partial charge in [0.05, 0.1) is 0 Å². The molecule has 4 unspecified atom stereocenters. The van der Waals surface area contributed by atoms with E-state index < -0.39 is 43.6 Å². The molecule has 4 atom stereocenters. The van der Waals surface area contributed by atoms with Crippen LogP contribution in [-0.2, 0) is 0 Å². The van der Waals surface area contributed by atoms with Crippen LogP contribution in [0.2, 0.25) is 0 Å². The Hall–Kier alpha value is -1.62. The number of hydrogen-bond donors (Lipinski definition) is 6. The average molecular weight is 248 g/mol. The summed E-state index contributed by atoms with van der Waals surface area (Å²) in [7, 11) is 0. The normalized spacial score (nSPS) is 37.4. The quantitative estimate of drug-likeness (QED) is 0.296. The molecule has 2 saturated heterocycles. The maximum atomic E-state index is 11.3. The number of carbonyl (C=O) groups excluding carboxylic acids is 2. The predicted octanol–water partition coefficient (Wildman–Crippen LogP) is -3.73. The van der Waals surface area contributed by atoms with E-state index >= 15 is 0 Å². The number of carbonyl (C=O) groups is 2. The van der Waals surface area contributed by atoms with Gasteiger partial charge in [-0.15, -0.1) is 0 Å². The van der Waals surface area contributed by atoms with E-state index in [4.69, 9.17) is 10.2 Å². The number of nitrogens with one attached hydrogen (secondary N) is 2. The Morgan fingerprint density at radius 2 is 1.24 bits per heavy atom. The summed E-state index contributed by atoms with van der Waals surface area (Å²) in [6.07, 6.45) is -5.98. The van der Waals surface area contributed by atoms with Crippen molar-refractivity contribution in [2.75, 3.05) is 6.67 Å². The van der Waals surface area contributed by atoms with Gasteiger partial charge in [0, 0.05) is 0 Å². The van der Waals surface area contributed by atoms with Gasteiger partial charge >= 0.3 is 12.1 Å². The molecule has 0 aliphatic carbocycles. The zero-order valence-electron chi connectivity index (χ0n) is 8.52. The van der Waals surface area contributed by atoms with Gasteiger partial charge in [-0.05, 0) is 0 Å². The molecular formula is C7H12N4O6. The predicted molar refractivity (Wildman–Crippen MR) is 49.6 cm³/mol. The zero-order chi connectivity index (χ0) is 12.7. The van der Waals surface area contributed by atoms with E-state index in [1.165, 1.54) is 0 Å². The van der Waals surface area contributed by atoms with Crippen LogP contribution in [0.5, 0.6) is 0 Å². The van der Waals surface area contributed by atoms with E-state index in [0.717, 1.165) is 9.80 Å². The van der Waals surface area contributed by atoms with Gasteiger partial charge in [-0.25, -0.2) is 9.59 Å². The number of aliphatic hydroxyl groups excluding tert-OH is 4. The zero-order valence-corrected chi connectivity index (χ0v) is 8.52. The van der Waals surface area contributed by atoms with Crippen LogP contribution in [0.3, 0.4) is 0 Å². The number of urea groups is 2. The van der Waals surface area contributed by atoms with Crippen LogP contribution in [0.25, 0.3) is 0 Å². The van der Waals surface area contributed by atoms with Gasteiger partial charge in [-0.1, -0.05) is 0 Å². The van der Waals surface area contributed by atoms with Gasteiger partial charge in [0.2, 0.25) is 0 Å². The Morgan fingerprint density at radius 3 is 1.47 bits per heavy atom. The Labute approximate surface area is 95.0 Å². The van der Waals surface area contributed by atoms with Gasteiger partial charge < -0.3 is 31.1 Å². The van der Waals surface area contributed by atoms with E-state index in [1.54, 1.807) is 0 Å². The first kappa shape index (κ1) is 11.9. The lowest BCUT2D eigenvalue weighted by Crippen LogP contribution is -2.48. The van der Waals surface area contributed by atoms with Gasteiger partial charge in [-0.3, -0.25) is 9.80 Å². The number of amides is 4. The van der Waals surface area contributed by atoms with E-state index in [0.29, 0.717) is 0 Å². The molecule has 17 heavy (non-hydrogen) atoms. The Balaban J connectivity index is 2.06. The van der Waals surface area contributed by atoms with Crippen molar-refractivity contribution in [2.24, 2.45) is 0 Å². The first-order valence-corrected chi connectivity index (χ1v) is 4.78. The number of rotatable bonds is 2. The Morgan fingerprint density at radius 1 is 0.882 bits per heavy atom. The van der Waals surface area contributed by atoms with Crippen LogP contribution in [0.1, 0.15) is 0 Å². The van der Waals surface area contributed by atoms with Crippen molar-refractivity contribution in [3.8, 4) is 0 Å². The van der Waals surface area contributed by atoms with Gasteiger partial charge in [0.1, 0.15) is 6.67 Å². The van der Waals surface area contributed by atoms with Crippen molar-refractivity contribution in [1.29, 1.82) is 0 Å². The van der Waals surface area contributed by atoms with E-state index in [1.807, 2.05) is 10.6 Å². The molecule has 0 aromatic heterocycles. The molecule has 0 spiro atoms. The van der Waals surface area contributed by atoms with Crippen molar-refractivity contribution >= 4 is 12.1 Å². The maximum absolute atomic E-state index is 11.3. The summed E-state index contributed by atoms with van der Waals surface area (Å²) in [6.45, 7) is -0.464. The largest absolute Gasteiger partial charge is 0.369 e. The van der Waals surface area contributed by atoms with Gasteiger partial charge in [0.25, 0.3) is 0 Å². The van der Waals surface area contributed by atoms with Gasteiger partial charge in [-0.2, -0.15) is 0 Å². The second kappa shape index (κ2) is 4.00. The maximum Gasteiger partial charge on any atom is 0.323 e. The fraction of sp³-hybridized carbons (Fsp3) is 0.714. The molecule has 0 aromatic rings. The molecule has 10 heteroatoms. The number of nitrogens with zero attached hydrogens (tertiary/aromatic N) is 2. The first-order valence-electron chi connectivity index (χ1n) is 4.78. The third kappa shape index (κ3) is 1.86. The molecule has 2 aliphatic rings. The van der Waals surface area contributed by atoms with Crippen LogP contribution in [0, 0.1) is 0 Å². The van der Waals surface area contributed by atoms with Crippen LogP contribution >= 0.6 is 0 Å². The summed E-state index contributed by atoms with van der Waals surface area (Å²) < 4.78 is 0. The Bertz CT molecular complexity index is 319. The van der Waals surface area contributed by atoms with Crippen LogP contribution in [0.4, 0.5) is 9.59 Å². The smallest absolute Gasteiger partial charge is 0.323 e. The van der Waals surface area contributed by atoms with Crippen molar-refractivity contribution in [3.05, 3.63) is 0 Å². The Kier molecular flexibility index (Phi) is 2.79. The number of aliphatic hydroxyl groups is 4.